The number of carbonyl (C=O) groups is 3. The smallest absolute Gasteiger partial charge is 0.306 e. The van der Waals surface area contributed by atoms with Gasteiger partial charge < -0.3 is 28.6 Å². The fourth-order valence-electron chi connectivity index (χ4n) is 6.29. The SMILES string of the molecule is CCCC/C=C/C=C/CCCCCC(=O)OC(COCCC(C(=O)[O-])[N+](C)(C)C)COC(=O)CCCCCCCCCCC/C=C/C/C=C/C/C=C/CCCCC. The maximum Gasteiger partial charge on any atom is 0.306 e. The van der Waals surface area contributed by atoms with Crippen molar-refractivity contribution in [2.75, 3.05) is 41.0 Å². The van der Waals surface area contributed by atoms with Crippen LogP contribution < -0.4 is 5.11 Å². The van der Waals surface area contributed by atoms with Gasteiger partial charge in [0.15, 0.2) is 6.10 Å². The van der Waals surface area contributed by atoms with Crippen LogP contribution in [-0.4, -0.2) is 75.5 Å². The molecule has 57 heavy (non-hydrogen) atoms. The number of ether oxygens (including phenoxy) is 3. The molecular weight excluding hydrogens is 715 g/mol. The molecular formula is C49H85NO7. The Labute approximate surface area is 349 Å². The van der Waals surface area contributed by atoms with Gasteiger partial charge >= 0.3 is 11.9 Å². The van der Waals surface area contributed by atoms with Gasteiger partial charge in [0.2, 0.25) is 0 Å². The normalized spacial score (nSPS) is 13.5. The molecule has 0 aliphatic heterocycles. The van der Waals surface area contributed by atoms with Crippen molar-refractivity contribution in [2.24, 2.45) is 0 Å². The minimum absolute atomic E-state index is 0.0262. The molecule has 0 rings (SSSR count). The van der Waals surface area contributed by atoms with Crippen molar-refractivity contribution in [3.05, 3.63) is 60.8 Å². The second-order valence-corrected chi connectivity index (χ2v) is 16.3. The van der Waals surface area contributed by atoms with Crippen molar-refractivity contribution in [3.63, 3.8) is 0 Å². The number of hydrogen-bond donors (Lipinski definition) is 0. The molecule has 2 atom stereocenters. The molecule has 0 spiro atoms. The number of unbranched alkanes of at least 4 members (excludes halogenated alkanes) is 17. The summed E-state index contributed by atoms with van der Waals surface area (Å²) < 4.78 is 17.1. The molecule has 8 heteroatoms. The highest BCUT2D eigenvalue weighted by molar-refractivity contribution is 5.70. The summed E-state index contributed by atoms with van der Waals surface area (Å²) in [6.07, 6.45) is 48.2. The number of nitrogens with zero attached hydrogens (tertiary/aromatic N) is 1. The Hall–Kier alpha value is -2.97. The lowest BCUT2D eigenvalue weighted by Gasteiger charge is -2.34. The summed E-state index contributed by atoms with van der Waals surface area (Å²) in [7, 11) is 5.39. The van der Waals surface area contributed by atoms with E-state index in [0.29, 0.717) is 6.42 Å². The average Bonchev–Trinajstić information content (AvgIpc) is 3.17. The van der Waals surface area contributed by atoms with Crippen molar-refractivity contribution in [1.82, 2.24) is 0 Å². The zero-order valence-corrected chi connectivity index (χ0v) is 37.2. The van der Waals surface area contributed by atoms with Gasteiger partial charge in [0, 0.05) is 19.3 Å². The molecule has 0 heterocycles. The third-order valence-corrected chi connectivity index (χ3v) is 9.90. The molecule has 0 aromatic heterocycles. The predicted molar refractivity (Wildman–Crippen MR) is 236 cm³/mol. The maximum atomic E-state index is 12.7. The summed E-state index contributed by atoms with van der Waals surface area (Å²) in [5, 5.41) is 11.6. The number of carbonyl (C=O) groups excluding carboxylic acids is 3. The molecule has 0 saturated heterocycles. The van der Waals surface area contributed by atoms with Gasteiger partial charge in [0.05, 0.1) is 40.3 Å². The van der Waals surface area contributed by atoms with Crippen LogP contribution in [0.25, 0.3) is 0 Å². The molecule has 0 N–H and O–H groups in total. The van der Waals surface area contributed by atoms with Gasteiger partial charge in [0.1, 0.15) is 12.6 Å². The minimum atomic E-state index is -1.13. The molecule has 0 aromatic rings. The van der Waals surface area contributed by atoms with Gasteiger partial charge in [-0.2, -0.15) is 0 Å². The highest BCUT2D eigenvalue weighted by Crippen LogP contribution is 2.13. The Balaban J connectivity index is 4.27. The Morgan fingerprint density at radius 2 is 1.00 bits per heavy atom. The molecule has 0 saturated carbocycles. The topological polar surface area (TPSA) is 102 Å². The highest BCUT2D eigenvalue weighted by atomic mass is 16.6. The maximum absolute atomic E-state index is 12.7. The van der Waals surface area contributed by atoms with E-state index in [9.17, 15) is 19.5 Å². The van der Waals surface area contributed by atoms with Crippen LogP contribution in [0.2, 0.25) is 0 Å². The van der Waals surface area contributed by atoms with Crippen LogP contribution in [0.5, 0.6) is 0 Å². The number of allylic oxidation sites excluding steroid dienone is 10. The van der Waals surface area contributed by atoms with Crippen molar-refractivity contribution >= 4 is 17.9 Å². The fraction of sp³-hybridized carbons (Fsp3) is 0.735. The van der Waals surface area contributed by atoms with E-state index in [0.717, 1.165) is 70.6 Å². The van der Waals surface area contributed by atoms with E-state index in [4.69, 9.17) is 14.2 Å². The highest BCUT2D eigenvalue weighted by Gasteiger charge is 2.25. The van der Waals surface area contributed by atoms with Crippen LogP contribution in [0.1, 0.15) is 181 Å². The van der Waals surface area contributed by atoms with E-state index < -0.39 is 18.1 Å². The fourth-order valence-corrected chi connectivity index (χ4v) is 6.29. The quantitative estimate of drug-likeness (QED) is 0.0200. The molecule has 0 aliphatic rings. The number of esters is 2. The first-order valence-electron chi connectivity index (χ1n) is 22.8. The van der Waals surface area contributed by atoms with Gasteiger partial charge in [-0.05, 0) is 70.6 Å². The van der Waals surface area contributed by atoms with Crippen molar-refractivity contribution in [2.45, 2.75) is 193 Å². The molecule has 0 aromatic carbocycles. The molecule has 2 unspecified atom stereocenters. The van der Waals surface area contributed by atoms with Crippen molar-refractivity contribution < 1.29 is 38.2 Å². The second kappa shape index (κ2) is 39.8. The van der Waals surface area contributed by atoms with Crippen molar-refractivity contribution in [3.8, 4) is 0 Å². The molecule has 0 aliphatic carbocycles. The third-order valence-electron chi connectivity index (χ3n) is 9.90. The lowest BCUT2D eigenvalue weighted by molar-refractivity contribution is -0.889. The average molecular weight is 800 g/mol. The number of hydrogen-bond acceptors (Lipinski definition) is 7. The Kier molecular flexibility index (Phi) is 37.8. The monoisotopic (exact) mass is 800 g/mol. The predicted octanol–water partition coefficient (Wildman–Crippen LogP) is 11.2. The Morgan fingerprint density at radius 3 is 1.54 bits per heavy atom. The minimum Gasteiger partial charge on any atom is -0.544 e. The van der Waals surface area contributed by atoms with Gasteiger partial charge in [-0.3, -0.25) is 9.59 Å². The lowest BCUT2D eigenvalue weighted by atomic mass is 10.1. The first-order chi connectivity index (χ1) is 27.6. The summed E-state index contributed by atoms with van der Waals surface area (Å²) in [6.45, 7) is 4.54. The molecule has 8 nitrogen and oxygen atoms in total. The Morgan fingerprint density at radius 1 is 0.544 bits per heavy atom. The van der Waals surface area contributed by atoms with Crippen LogP contribution in [0.15, 0.2) is 60.8 Å². The zero-order valence-electron chi connectivity index (χ0n) is 37.2. The number of rotatable bonds is 40. The van der Waals surface area contributed by atoms with Gasteiger partial charge in [-0.25, -0.2) is 0 Å². The number of carboxylic acids is 1. The summed E-state index contributed by atoms with van der Waals surface area (Å²) in [5.74, 6) is -1.78. The summed E-state index contributed by atoms with van der Waals surface area (Å²) in [4.78, 5) is 36.8. The van der Waals surface area contributed by atoms with E-state index in [-0.39, 0.29) is 49.1 Å². The van der Waals surface area contributed by atoms with Crippen molar-refractivity contribution in [1.29, 1.82) is 0 Å². The van der Waals surface area contributed by atoms with E-state index in [2.05, 4.69) is 74.6 Å². The zero-order chi connectivity index (χ0) is 42.1. The summed E-state index contributed by atoms with van der Waals surface area (Å²) >= 11 is 0. The van der Waals surface area contributed by atoms with Gasteiger partial charge in [-0.1, -0.05) is 152 Å². The summed E-state index contributed by atoms with van der Waals surface area (Å²) in [5.41, 5.74) is 0. The van der Waals surface area contributed by atoms with Crippen LogP contribution in [-0.2, 0) is 28.6 Å². The lowest BCUT2D eigenvalue weighted by Crippen LogP contribution is -2.55. The van der Waals surface area contributed by atoms with E-state index in [1.165, 1.54) is 77.0 Å². The molecule has 0 bridgehead atoms. The number of likely N-dealkylation sites (N-methyl/N-ethyl adjacent to an activating group) is 1. The largest absolute Gasteiger partial charge is 0.544 e. The second-order valence-electron chi connectivity index (χ2n) is 16.3. The van der Waals surface area contributed by atoms with Crippen LogP contribution in [0.4, 0.5) is 0 Å². The van der Waals surface area contributed by atoms with E-state index >= 15 is 0 Å². The molecule has 0 amide bonds. The Bertz CT molecular complexity index is 1120. The number of carboxylic acid groups (broad SMARTS) is 1. The molecule has 328 valence electrons. The standard InChI is InChI=1S/C49H85NO7/c1-6-8-10-12-14-16-18-19-20-21-22-23-24-25-26-27-28-30-31-33-35-37-39-47(51)56-44-45(43-55-42-41-46(49(53)54)50(3,4)5)57-48(52)40-38-36-34-32-29-17-15-13-11-9-7-2/h13-17,19-20,22-23,29,45-46H,6-12,18,21,24-28,30-44H2,1-5H3/b15-13+,16-14+,20-19+,23-22+,29-17+. The van der Waals surface area contributed by atoms with Crippen LogP contribution in [0.3, 0.4) is 0 Å². The molecule has 0 fully saturated rings. The van der Waals surface area contributed by atoms with Crippen LogP contribution in [0, 0.1) is 0 Å². The number of aliphatic carboxylic acids is 1. The third kappa shape index (κ3) is 38.3. The van der Waals surface area contributed by atoms with E-state index in [1.807, 2.05) is 0 Å². The summed E-state index contributed by atoms with van der Waals surface area (Å²) in [6, 6.07) is -0.732. The molecule has 0 radical (unpaired) electrons. The van der Waals surface area contributed by atoms with Gasteiger partial charge in [-0.15, -0.1) is 0 Å². The first kappa shape index (κ1) is 54.0. The van der Waals surface area contributed by atoms with Crippen LogP contribution >= 0.6 is 0 Å². The number of quaternary nitrogens is 1. The van der Waals surface area contributed by atoms with Gasteiger partial charge in [0.25, 0.3) is 0 Å². The van der Waals surface area contributed by atoms with E-state index in [1.54, 1.807) is 21.1 Å². The first-order valence-corrected chi connectivity index (χ1v) is 22.8.